The summed E-state index contributed by atoms with van der Waals surface area (Å²) in [6.07, 6.45) is -2.32. The van der Waals surface area contributed by atoms with E-state index in [1.54, 1.807) is 0 Å². The molecule has 0 saturated carbocycles. The van der Waals surface area contributed by atoms with Gasteiger partial charge in [0.05, 0.1) is 23.9 Å². The lowest BCUT2D eigenvalue weighted by Gasteiger charge is -2.29. The average Bonchev–Trinajstić information content (AvgIpc) is 3.52. The molecule has 234 valence electrons. The smallest absolute Gasteiger partial charge is 0.507 e. The maximum absolute atomic E-state index is 13.9. The van der Waals surface area contributed by atoms with Crippen molar-refractivity contribution in [2.75, 3.05) is 0 Å². The molecule has 3 N–H and O–H groups in total. The molecule has 12 nitrogen and oxygen atoms in total. The van der Waals surface area contributed by atoms with Crippen molar-refractivity contribution < 1.29 is 52.0 Å². The zero-order valence-electron chi connectivity index (χ0n) is 24.2. The standard InChI is InChI=1S/C30H25F3N4O8/c1-13-25(41)23(15(3)38)27-24(26(13)42)29(4)21(44-27)9-19(39)22(28(29)43)14(2)34-10-17-11-37(36-35-17)12-20(40)16-5-7-18(8-6-16)45-30(31,32)33/h5-9,11,34,41-42H,10,12H2,1-4H3/b22-14+. The number of halogens is 3. The number of phenols is 2. The second-order valence-electron chi connectivity index (χ2n) is 10.6. The highest BCUT2D eigenvalue weighted by molar-refractivity contribution is 6.31. The largest absolute Gasteiger partial charge is 0.573 e. The highest BCUT2D eigenvalue weighted by Gasteiger charge is 2.56. The fourth-order valence-corrected chi connectivity index (χ4v) is 5.25. The molecular weight excluding hydrogens is 601 g/mol. The maximum atomic E-state index is 13.9. The van der Waals surface area contributed by atoms with Gasteiger partial charge in [-0.15, -0.1) is 18.3 Å². The van der Waals surface area contributed by atoms with Gasteiger partial charge in [0.15, 0.2) is 23.1 Å². The highest BCUT2D eigenvalue weighted by Crippen LogP contribution is 2.57. The number of benzene rings is 2. The molecule has 1 atom stereocenters. The van der Waals surface area contributed by atoms with Crippen LogP contribution in [0.1, 0.15) is 58.3 Å². The first kappa shape index (κ1) is 31.0. The third kappa shape index (κ3) is 5.41. The van der Waals surface area contributed by atoms with Crippen LogP contribution in [0.5, 0.6) is 23.0 Å². The lowest BCUT2D eigenvalue weighted by atomic mass is 9.70. The van der Waals surface area contributed by atoms with Crippen molar-refractivity contribution in [2.45, 2.75) is 52.6 Å². The molecule has 0 bridgehead atoms. The van der Waals surface area contributed by atoms with Crippen molar-refractivity contribution >= 4 is 23.1 Å². The minimum absolute atomic E-state index is 0.0132. The number of aromatic hydroxyl groups is 2. The molecule has 1 aromatic heterocycles. The summed E-state index contributed by atoms with van der Waals surface area (Å²) in [5.41, 5.74) is -1.55. The number of phenolic OH excluding ortho intramolecular Hbond substituents is 2. The number of Topliss-reactive ketones (excluding diaryl/α,β-unsaturated/α-hetero) is 3. The zero-order valence-corrected chi connectivity index (χ0v) is 24.2. The molecule has 0 fully saturated rings. The molecule has 0 saturated heterocycles. The summed E-state index contributed by atoms with van der Waals surface area (Å²) in [6, 6.07) is 4.42. The lowest BCUT2D eigenvalue weighted by Crippen LogP contribution is -2.41. The number of ketones is 4. The molecule has 0 amide bonds. The van der Waals surface area contributed by atoms with Crippen LogP contribution in [0.4, 0.5) is 13.2 Å². The molecule has 0 spiro atoms. The quantitative estimate of drug-likeness (QED) is 0.189. The molecule has 3 aromatic rings. The Hall–Kier alpha value is -5.47. The van der Waals surface area contributed by atoms with Gasteiger partial charge >= 0.3 is 6.36 Å². The van der Waals surface area contributed by atoms with Gasteiger partial charge in [0, 0.05) is 22.9 Å². The Morgan fingerprint density at radius 3 is 2.40 bits per heavy atom. The van der Waals surface area contributed by atoms with Crippen LogP contribution in [0.15, 0.2) is 53.6 Å². The number of nitrogens with one attached hydrogen (secondary N) is 1. The second-order valence-corrected chi connectivity index (χ2v) is 10.6. The van der Waals surface area contributed by atoms with Gasteiger partial charge < -0.3 is 25.0 Å². The van der Waals surface area contributed by atoms with Crippen LogP contribution in [0.25, 0.3) is 0 Å². The van der Waals surface area contributed by atoms with Crippen LogP contribution in [0.3, 0.4) is 0 Å². The van der Waals surface area contributed by atoms with E-state index in [2.05, 4.69) is 20.4 Å². The predicted octanol–water partition coefficient (Wildman–Crippen LogP) is 3.73. The highest BCUT2D eigenvalue weighted by atomic mass is 19.4. The summed E-state index contributed by atoms with van der Waals surface area (Å²) in [6.45, 7) is 5.24. The van der Waals surface area contributed by atoms with E-state index in [4.69, 9.17) is 4.74 Å². The molecule has 15 heteroatoms. The number of hydrogen-bond donors (Lipinski definition) is 3. The van der Waals surface area contributed by atoms with Crippen molar-refractivity contribution in [3.63, 3.8) is 0 Å². The third-order valence-corrected chi connectivity index (χ3v) is 7.60. The Kier molecular flexibility index (Phi) is 7.51. The number of ether oxygens (including phenoxy) is 2. The van der Waals surface area contributed by atoms with Crippen molar-refractivity contribution in [1.29, 1.82) is 0 Å². The molecule has 1 unspecified atom stereocenters. The van der Waals surface area contributed by atoms with Crippen LogP contribution in [-0.4, -0.2) is 54.7 Å². The summed E-state index contributed by atoms with van der Waals surface area (Å²) in [5.74, 6) is -4.09. The summed E-state index contributed by atoms with van der Waals surface area (Å²) in [4.78, 5) is 51.9. The number of fused-ring (bicyclic) bond motifs is 3. The number of allylic oxidation sites excluding steroid dienone is 4. The Bertz CT molecular complexity index is 1860. The van der Waals surface area contributed by atoms with Crippen molar-refractivity contribution in [3.05, 3.63) is 81.5 Å². The van der Waals surface area contributed by atoms with Crippen LogP contribution >= 0.6 is 0 Å². The number of rotatable bonds is 8. The van der Waals surface area contributed by atoms with Crippen LogP contribution in [0.2, 0.25) is 0 Å². The Morgan fingerprint density at radius 1 is 1.11 bits per heavy atom. The monoisotopic (exact) mass is 626 g/mol. The second kappa shape index (κ2) is 10.9. The van der Waals surface area contributed by atoms with Crippen molar-refractivity contribution in [2.24, 2.45) is 0 Å². The topological polar surface area (TPSA) is 170 Å². The molecule has 1 aliphatic carbocycles. The van der Waals surface area contributed by atoms with Gasteiger partial charge in [-0.1, -0.05) is 5.21 Å². The van der Waals surface area contributed by atoms with Crippen LogP contribution in [-0.2, 0) is 28.1 Å². The average molecular weight is 627 g/mol. The minimum Gasteiger partial charge on any atom is -0.507 e. The van der Waals surface area contributed by atoms with Crippen molar-refractivity contribution in [3.8, 4) is 23.0 Å². The van der Waals surface area contributed by atoms with Gasteiger partial charge in [-0.3, -0.25) is 19.2 Å². The Morgan fingerprint density at radius 2 is 1.78 bits per heavy atom. The lowest BCUT2D eigenvalue weighted by molar-refractivity contribution is -0.274. The van der Waals surface area contributed by atoms with Crippen LogP contribution < -0.4 is 14.8 Å². The molecule has 2 aromatic carbocycles. The van der Waals surface area contributed by atoms with Gasteiger partial charge in [0.2, 0.25) is 0 Å². The van der Waals surface area contributed by atoms with Crippen molar-refractivity contribution in [1.82, 2.24) is 20.3 Å². The van der Waals surface area contributed by atoms with E-state index in [-0.39, 0.29) is 58.1 Å². The SMILES string of the molecule is CC(=O)c1c(O)c(C)c(O)c2c1OC1=CC(=O)/C(=C(/C)NCc3cn(CC(=O)c4ccc(OC(F)(F)F)cc4)nn3)C(=O)C12C. The van der Waals surface area contributed by atoms with Gasteiger partial charge in [0.1, 0.15) is 52.0 Å². The first-order chi connectivity index (χ1) is 21.0. The molecule has 2 aliphatic rings. The van der Waals surface area contributed by atoms with E-state index in [0.29, 0.717) is 5.69 Å². The first-order valence-electron chi connectivity index (χ1n) is 13.3. The Labute approximate surface area is 252 Å². The van der Waals surface area contributed by atoms with Crippen LogP contribution in [0, 0.1) is 6.92 Å². The maximum Gasteiger partial charge on any atom is 0.573 e. The summed E-state index contributed by atoms with van der Waals surface area (Å²) < 4.78 is 47.9. The molecule has 0 radical (unpaired) electrons. The molecule has 5 rings (SSSR count). The first-order valence-corrected chi connectivity index (χ1v) is 13.3. The molecule has 1 aliphatic heterocycles. The number of nitrogens with zero attached hydrogens (tertiary/aromatic N) is 3. The number of carbonyl (C=O) groups is 4. The third-order valence-electron chi connectivity index (χ3n) is 7.60. The normalized spacial score (nSPS) is 18.5. The molecule has 2 heterocycles. The van der Waals surface area contributed by atoms with E-state index in [0.717, 1.165) is 18.2 Å². The number of aromatic nitrogens is 3. The summed E-state index contributed by atoms with van der Waals surface area (Å²) >= 11 is 0. The fraction of sp³-hybridized carbons (Fsp3) is 0.267. The van der Waals surface area contributed by atoms with E-state index in [1.165, 1.54) is 50.7 Å². The summed E-state index contributed by atoms with van der Waals surface area (Å²) in [7, 11) is 0. The molecule has 45 heavy (non-hydrogen) atoms. The van der Waals surface area contributed by atoms with E-state index in [1.807, 2.05) is 0 Å². The minimum atomic E-state index is -4.86. The number of alkyl halides is 3. The zero-order chi connectivity index (χ0) is 33.0. The Balaban J connectivity index is 1.33. The fourth-order valence-electron chi connectivity index (χ4n) is 5.25. The molecular formula is C30H25F3N4O8. The summed E-state index contributed by atoms with van der Waals surface area (Å²) in [5, 5.41) is 32.2. The van der Waals surface area contributed by atoms with Gasteiger partial charge in [0.25, 0.3) is 0 Å². The van der Waals surface area contributed by atoms with E-state index in [9.17, 15) is 42.6 Å². The van der Waals surface area contributed by atoms with E-state index < -0.39 is 52.2 Å². The number of carbonyl (C=O) groups excluding carboxylic acids is 4. The van der Waals surface area contributed by atoms with Gasteiger partial charge in [-0.05, 0) is 52.0 Å². The van der Waals surface area contributed by atoms with E-state index >= 15 is 0 Å². The van der Waals surface area contributed by atoms with Gasteiger partial charge in [-0.25, -0.2) is 4.68 Å². The van der Waals surface area contributed by atoms with Gasteiger partial charge in [-0.2, -0.15) is 0 Å². The predicted molar refractivity (Wildman–Crippen MR) is 148 cm³/mol. The number of hydrogen-bond acceptors (Lipinski definition) is 11.